The number of rotatable bonds is 4. The highest BCUT2D eigenvalue weighted by molar-refractivity contribution is 9.11. The van der Waals surface area contributed by atoms with Crippen LogP contribution in [-0.2, 0) is 11.3 Å². The number of ether oxygens (including phenoxy) is 1. The summed E-state index contributed by atoms with van der Waals surface area (Å²) in [6.45, 7) is 5.78. The van der Waals surface area contributed by atoms with Crippen molar-refractivity contribution in [3.05, 3.63) is 52.2 Å². The number of alkyl carbamates (subject to hydrolysis) is 1. The minimum absolute atomic E-state index is 0.288. The van der Waals surface area contributed by atoms with Gasteiger partial charge >= 0.3 is 6.09 Å². The van der Waals surface area contributed by atoms with Gasteiger partial charge in [0.1, 0.15) is 11.4 Å². The molecule has 1 aromatic carbocycles. The van der Waals surface area contributed by atoms with Gasteiger partial charge in [-0.05, 0) is 60.0 Å². The second-order valence-electron chi connectivity index (χ2n) is 6.78. The van der Waals surface area contributed by atoms with E-state index < -0.39 is 11.7 Å². The van der Waals surface area contributed by atoms with E-state index >= 15 is 0 Å². The van der Waals surface area contributed by atoms with Gasteiger partial charge in [-0.3, -0.25) is 0 Å². The number of thiophene rings is 1. The van der Waals surface area contributed by atoms with Gasteiger partial charge in [0, 0.05) is 4.88 Å². The van der Waals surface area contributed by atoms with Gasteiger partial charge in [0.2, 0.25) is 0 Å². The Bertz CT molecular complexity index is 894. The molecule has 3 rings (SSSR count). The molecule has 2 aromatic heterocycles. The van der Waals surface area contributed by atoms with Gasteiger partial charge in [0.25, 0.3) is 0 Å². The highest BCUT2D eigenvalue weighted by Gasteiger charge is 2.16. The lowest BCUT2D eigenvalue weighted by molar-refractivity contribution is 0.0522. The maximum Gasteiger partial charge on any atom is 0.408 e. The number of amides is 1. The summed E-state index contributed by atoms with van der Waals surface area (Å²) in [5.74, 6) is 0.678. The molecule has 0 aliphatic carbocycles. The molecule has 26 heavy (non-hydrogen) atoms. The van der Waals surface area contributed by atoms with E-state index in [-0.39, 0.29) is 6.54 Å². The van der Waals surface area contributed by atoms with Crippen molar-refractivity contribution in [2.45, 2.75) is 32.9 Å². The van der Waals surface area contributed by atoms with E-state index in [1.165, 1.54) is 10.4 Å². The van der Waals surface area contributed by atoms with Crippen molar-refractivity contribution < 1.29 is 9.53 Å². The molecular weight excluding hydrogens is 414 g/mol. The maximum absolute atomic E-state index is 11.7. The summed E-state index contributed by atoms with van der Waals surface area (Å²) in [6.07, 6.45) is 1.31. The van der Waals surface area contributed by atoms with Crippen LogP contribution >= 0.6 is 27.3 Å². The van der Waals surface area contributed by atoms with Crippen LogP contribution in [0.1, 0.15) is 26.6 Å². The number of hydrogen-bond acceptors (Lipinski definition) is 4. The van der Waals surface area contributed by atoms with Crippen molar-refractivity contribution in [1.29, 1.82) is 0 Å². The number of benzene rings is 1. The number of hydrogen-bond donors (Lipinski definition) is 2. The van der Waals surface area contributed by atoms with Gasteiger partial charge in [-0.15, -0.1) is 11.3 Å². The predicted molar refractivity (Wildman–Crippen MR) is 108 cm³/mol. The van der Waals surface area contributed by atoms with E-state index in [0.29, 0.717) is 5.82 Å². The Morgan fingerprint density at radius 3 is 2.50 bits per heavy atom. The molecule has 2 N–H and O–H groups in total. The third kappa shape index (κ3) is 4.95. The fourth-order valence-corrected chi connectivity index (χ4v) is 3.74. The van der Waals surface area contributed by atoms with Crippen molar-refractivity contribution in [2.24, 2.45) is 0 Å². The van der Waals surface area contributed by atoms with Crippen LogP contribution in [0.3, 0.4) is 0 Å². The van der Waals surface area contributed by atoms with Gasteiger partial charge in [0.15, 0.2) is 0 Å². The van der Waals surface area contributed by atoms with Gasteiger partial charge < -0.3 is 15.0 Å². The zero-order valence-corrected chi connectivity index (χ0v) is 17.2. The first-order valence-corrected chi connectivity index (χ1v) is 9.78. The maximum atomic E-state index is 11.7. The molecule has 5 nitrogen and oxygen atoms in total. The van der Waals surface area contributed by atoms with Gasteiger partial charge in [-0.25, -0.2) is 9.78 Å². The summed E-state index contributed by atoms with van der Waals surface area (Å²) in [5.41, 5.74) is 2.61. The van der Waals surface area contributed by atoms with Crippen molar-refractivity contribution in [1.82, 2.24) is 15.3 Å². The number of aromatic amines is 1. The SMILES string of the molecule is CC(C)(C)OC(=O)NCc1ncc(-c2ccc(-c3ccc(Br)s3)cc2)[nH]1. The van der Waals surface area contributed by atoms with Gasteiger partial charge in [-0.1, -0.05) is 24.3 Å². The smallest absolute Gasteiger partial charge is 0.408 e. The zero-order valence-electron chi connectivity index (χ0n) is 14.8. The normalized spacial score (nSPS) is 11.4. The molecule has 0 aliphatic rings. The molecule has 3 aromatic rings. The number of nitrogens with one attached hydrogen (secondary N) is 2. The molecular formula is C19H20BrN3O2S. The molecule has 0 aliphatic heterocycles. The van der Waals surface area contributed by atoms with Crippen LogP contribution in [-0.4, -0.2) is 21.7 Å². The first-order valence-electron chi connectivity index (χ1n) is 8.17. The van der Waals surface area contributed by atoms with E-state index in [4.69, 9.17) is 4.74 Å². The molecule has 0 unspecified atom stereocenters. The van der Waals surface area contributed by atoms with Crippen LogP contribution in [0.2, 0.25) is 0 Å². The number of aromatic nitrogens is 2. The molecule has 7 heteroatoms. The molecule has 0 saturated carbocycles. The van der Waals surface area contributed by atoms with E-state index in [1.54, 1.807) is 17.5 Å². The Balaban J connectivity index is 1.63. The molecule has 0 atom stereocenters. The number of nitrogens with zero attached hydrogens (tertiary/aromatic N) is 1. The highest BCUT2D eigenvalue weighted by Crippen LogP contribution is 2.32. The third-order valence-corrected chi connectivity index (χ3v) is 5.15. The van der Waals surface area contributed by atoms with E-state index in [1.807, 2.05) is 26.8 Å². The molecule has 0 spiro atoms. The highest BCUT2D eigenvalue weighted by atomic mass is 79.9. The molecule has 0 bridgehead atoms. The van der Waals surface area contributed by atoms with E-state index in [0.717, 1.165) is 15.0 Å². The molecule has 136 valence electrons. The molecule has 2 heterocycles. The molecule has 1 amide bonds. The first kappa shape index (κ1) is 18.7. The van der Waals surface area contributed by atoms with Crippen molar-refractivity contribution in [3.8, 4) is 21.7 Å². The van der Waals surface area contributed by atoms with Crippen LogP contribution in [0.5, 0.6) is 0 Å². The predicted octanol–water partition coefficient (Wildman–Crippen LogP) is 5.59. The second-order valence-corrected chi connectivity index (χ2v) is 9.24. The van der Waals surface area contributed by atoms with Crippen molar-refractivity contribution in [3.63, 3.8) is 0 Å². The molecule has 0 saturated heterocycles. The zero-order chi connectivity index (χ0) is 18.7. The largest absolute Gasteiger partial charge is 0.444 e. The summed E-state index contributed by atoms with van der Waals surface area (Å²) >= 11 is 5.19. The summed E-state index contributed by atoms with van der Waals surface area (Å²) in [4.78, 5) is 20.5. The van der Waals surface area contributed by atoms with E-state index in [2.05, 4.69) is 61.5 Å². The Kier molecular flexibility index (Phi) is 5.48. The molecule has 0 radical (unpaired) electrons. The Morgan fingerprint density at radius 1 is 1.19 bits per heavy atom. The molecule has 0 fully saturated rings. The first-order chi connectivity index (χ1) is 12.3. The number of halogens is 1. The Hall–Kier alpha value is -2.12. The van der Waals surface area contributed by atoms with Crippen molar-refractivity contribution in [2.75, 3.05) is 0 Å². The summed E-state index contributed by atoms with van der Waals surface area (Å²) in [7, 11) is 0. The van der Waals surface area contributed by atoms with E-state index in [9.17, 15) is 4.79 Å². The van der Waals surface area contributed by atoms with Gasteiger partial charge in [-0.2, -0.15) is 0 Å². The minimum atomic E-state index is -0.516. The standard InChI is InChI=1S/C19H20BrN3O2S/c1-19(2,3)25-18(24)22-11-17-21-10-14(23-17)12-4-6-13(7-5-12)15-8-9-16(20)26-15/h4-10H,11H2,1-3H3,(H,21,23)(H,22,24). The lowest BCUT2D eigenvalue weighted by Crippen LogP contribution is -2.32. The number of H-pyrrole nitrogens is 1. The summed E-state index contributed by atoms with van der Waals surface area (Å²) in [6, 6.07) is 12.4. The lowest BCUT2D eigenvalue weighted by atomic mass is 10.1. The third-order valence-electron chi connectivity index (χ3n) is 3.48. The Morgan fingerprint density at radius 2 is 1.88 bits per heavy atom. The number of carbonyl (C=O) groups is 1. The topological polar surface area (TPSA) is 67.0 Å². The quantitative estimate of drug-likeness (QED) is 0.562. The average Bonchev–Trinajstić information content (AvgIpc) is 3.21. The second kappa shape index (κ2) is 7.63. The minimum Gasteiger partial charge on any atom is -0.444 e. The van der Waals surface area contributed by atoms with Crippen LogP contribution in [0.4, 0.5) is 4.79 Å². The fraction of sp³-hybridized carbons (Fsp3) is 0.263. The monoisotopic (exact) mass is 433 g/mol. The number of carbonyl (C=O) groups excluding carboxylic acids is 1. The van der Waals surface area contributed by atoms with Crippen LogP contribution < -0.4 is 5.32 Å². The van der Waals surface area contributed by atoms with Crippen LogP contribution in [0, 0.1) is 0 Å². The number of imidazole rings is 1. The van der Waals surface area contributed by atoms with Crippen LogP contribution in [0.15, 0.2) is 46.4 Å². The lowest BCUT2D eigenvalue weighted by Gasteiger charge is -2.19. The Labute approximate surface area is 164 Å². The van der Waals surface area contributed by atoms with Crippen molar-refractivity contribution >= 4 is 33.4 Å². The fourth-order valence-electron chi connectivity index (χ4n) is 2.35. The summed E-state index contributed by atoms with van der Waals surface area (Å²) < 4.78 is 6.33. The summed E-state index contributed by atoms with van der Waals surface area (Å²) in [5, 5.41) is 2.70. The van der Waals surface area contributed by atoms with Crippen LogP contribution in [0.25, 0.3) is 21.7 Å². The van der Waals surface area contributed by atoms with Gasteiger partial charge in [0.05, 0.1) is 22.2 Å². The average molecular weight is 434 g/mol.